The van der Waals surface area contributed by atoms with Crippen LogP contribution in [-0.4, -0.2) is 16.5 Å². The van der Waals surface area contributed by atoms with Gasteiger partial charge in [-0.25, -0.2) is 4.99 Å². The van der Waals surface area contributed by atoms with E-state index in [2.05, 4.69) is 9.71 Å². The van der Waals surface area contributed by atoms with Crippen LogP contribution in [0.1, 0.15) is 13.8 Å². The molecule has 0 aromatic rings. The van der Waals surface area contributed by atoms with E-state index in [9.17, 15) is 0 Å². The second-order valence-electron chi connectivity index (χ2n) is 2.22. The third-order valence-electron chi connectivity index (χ3n) is 1.07. The van der Waals surface area contributed by atoms with Crippen LogP contribution in [0.15, 0.2) is 4.99 Å². The van der Waals surface area contributed by atoms with Crippen molar-refractivity contribution in [3.8, 4) is 0 Å². The van der Waals surface area contributed by atoms with Gasteiger partial charge < -0.3 is 9.83 Å². The highest BCUT2D eigenvalue weighted by Gasteiger charge is 2.16. The number of aliphatic hydroxyl groups is 1. The third-order valence-corrected chi connectivity index (χ3v) is 1.71. The standard InChI is InChI=1S/C5H10N2OS/c1-3(2)4-6-5(8)9-7-4/h3,5,8H,1-2H3,(H,6,7). The van der Waals surface area contributed by atoms with Crippen LogP contribution in [0.25, 0.3) is 0 Å². The first-order valence-corrected chi connectivity index (χ1v) is 3.75. The largest absolute Gasteiger partial charge is 0.362 e. The van der Waals surface area contributed by atoms with Crippen LogP contribution in [-0.2, 0) is 0 Å². The molecular formula is C5H10N2OS. The van der Waals surface area contributed by atoms with Gasteiger partial charge in [0.15, 0.2) is 0 Å². The predicted molar refractivity (Wildman–Crippen MR) is 39.0 cm³/mol. The van der Waals surface area contributed by atoms with Crippen molar-refractivity contribution in [3.63, 3.8) is 0 Å². The number of nitrogens with one attached hydrogen (secondary N) is 1. The van der Waals surface area contributed by atoms with Gasteiger partial charge in [-0.3, -0.25) is 0 Å². The number of hydrogen-bond acceptors (Lipinski definition) is 4. The molecule has 0 radical (unpaired) electrons. The summed E-state index contributed by atoms with van der Waals surface area (Å²) in [6.45, 7) is 4.06. The Morgan fingerprint density at radius 2 is 2.44 bits per heavy atom. The molecule has 3 nitrogen and oxygen atoms in total. The van der Waals surface area contributed by atoms with Gasteiger partial charge in [0.25, 0.3) is 0 Å². The van der Waals surface area contributed by atoms with Gasteiger partial charge in [-0.05, 0) is 0 Å². The monoisotopic (exact) mass is 146 g/mol. The third kappa shape index (κ3) is 1.59. The van der Waals surface area contributed by atoms with Crippen LogP contribution in [0, 0.1) is 5.92 Å². The molecular weight excluding hydrogens is 136 g/mol. The Morgan fingerprint density at radius 3 is 2.67 bits per heavy atom. The lowest BCUT2D eigenvalue weighted by Gasteiger charge is -2.01. The van der Waals surface area contributed by atoms with Crippen molar-refractivity contribution in [2.45, 2.75) is 19.4 Å². The zero-order valence-corrected chi connectivity index (χ0v) is 6.27. The van der Waals surface area contributed by atoms with E-state index in [-0.39, 0.29) is 0 Å². The first-order valence-electron chi connectivity index (χ1n) is 2.87. The SMILES string of the molecule is CC(C)C1=NC(O)SN1. The maximum Gasteiger partial charge on any atom is 0.214 e. The normalized spacial score (nSPS) is 26.2. The summed E-state index contributed by atoms with van der Waals surface area (Å²) in [5.74, 6) is 1.27. The van der Waals surface area contributed by atoms with Crippen molar-refractivity contribution in [3.05, 3.63) is 0 Å². The van der Waals surface area contributed by atoms with E-state index in [1.54, 1.807) is 0 Å². The van der Waals surface area contributed by atoms with Crippen molar-refractivity contribution in [1.29, 1.82) is 0 Å². The molecule has 1 aliphatic heterocycles. The average molecular weight is 146 g/mol. The van der Waals surface area contributed by atoms with E-state index >= 15 is 0 Å². The van der Waals surface area contributed by atoms with Crippen molar-refractivity contribution >= 4 is 17.8 Å². The van der Waals surface area contributed by atoms with E-state index in [4.69, 9.17) is 5.11 Å². The van der Waals surface area contributed by atoms with Gasteiger partial charge in [0, 0.05) is 17.9 Å². The quantitative estimate of drug-likeness (QED) is 0.531. The zero-order valence-electron chi connectivity index (χ0n) is 5.46. The molecule has 4 heteroatoms. The molecule has 0 saturated heterocycles. The molecule has 9 heavy (non-hydrogen) atoms. The predicted octanol–water partition coefficient (Wildman–Crippen LogP) is 0.568. The van der Waals surface area contributed by atoms with E-state index in [1.807, 2.05) is 13.8 Å². The van der Waals surface area contributed by atoms with Crippen LogP contribution in [0.2, 0.25) is 0 Å². The van der Waals surface area contributed by atoms with Gasteiger partial charge in [0.05, 0.1) is 0 Å². The van der Waals surface area contributed by atoms with Crippen LogP contribution >= 0.6 is 11.9 Å². The Morgan fingerprint density at radius 1 is 1.78 bits per heavy atom. The van der Waals surface area contributed by atoms with Crippen LogP contribution < -0.4 is 4.72 Å². The topological polar surface area (TPSA) is 44.6 Å². The second kappa shape index (κ2) is 2.58. The average Bonchev–Trinajstić information content (AvgIpc) is 2.14. The fraction of sp³-hybridized carbons (Fsp3) is 0.800. The first kappa shape index (κ1) is 6.89. The van der Waals surface area contributed by atoms with Gasteiger partial charge in [0.2, 0.25) is 5.56 Å². The molecule has 1 rings (SSSR count). The highest BCUT2D eigenvalue weighted by atomic mass is 32.2. The Hall–Kier alpha value is -0.220. The molecule has 0 aliphatic carbocycles. The van der Waals surface area contributed by atoms with Crippen molar-refractivity contribution in [1.82, 2.24) is 4.72 Å². The van der Waals surface area contributed by atoms with Crippen LogP contribution in [0.5, 0.6) is 0 Å². The summed E-state index contributed by atoms with van der Waals surface area (Å²) in [6.07, 6.45) is 0. The smallest absolute Gasteiger partial charge is 0.214 e. The van der Waals surface area contributed by atoms with Gasteiger partial charge >= 0.3 is 0 Å². The summed E-state index contributed by atoms with van der Waals surface area (Å²) in [6, 6.07) is 0. The van der Waals surface area contributed by atoms with Gasteiger partial charge in [-0.1, -0.05) is 13.8 Å². The minimum absolute atomic E-state index is 0.384. The van der Waals surface area contributed by atoms with Crippen LogP contribution in [0.4, 0.5) is 0 Å². The lowest BCUT2D eigenvalue weighted by molar-refractivity contribution is 0.276. The lowest BCUT2D eigenvalue weighted by atomic mass is 10.2. The van der Waals surface area contributed by atoms with Gasteiger partial charge in [-0.15, -0.1) is 0 Å². The Balaban J connectivity index is 2.52. The molecule has 0 spiro atoms. The molecule has 1 aliphatic rings. The van der Waals surface area contributed by atoms with E-state index < -0.39 is 5.56 Å². The highest BCUT2D eigenvalue weighted by Crippen LogP contribution is 2.14. The van der Waals surface area contributed by atoms with Gasteiger partial charge in [-0.2, -0.15) is 0 Å². The molecule has 0 fully saturated rings. The summed E-state index contributed by atoms with van der Waals surface area (Å²) in [5.41, 5.74) is -0.595. The molecule has 0 aromatic carbocycles. The molecule has 0 amide bonds. The highest BCUT2D eigenvalue weighted by molar-refractivity contribution is 7.98. The van der Waals surface area contributed by atoms with E-state index in [0.29, 0.717) is 5.92 Å². The minimum atomic E-state index is -0.595. The maximum absolute atomic E-state index is 8.86. The summed E-state index contributed by atoms with van der Waals surface area (Å²) in [5, 5.41) is 8.86. The molecule has 0 saturated carbocycles. The summed E-state index contributed by atoms with van der Waals surface area (Å²) in [7, 11) is 0. The fourth-order valence-corrected chi connectivity index (χ4v) is 1.23. The number of aliphatic imine (C=N–C) groups is 1. The number of aliphatic hydroxyl groups excluding tert-OH is 1. The number of rotatable bonds is 1. The minimum Gasteiger partial charge on any atom is -0.362 e. The molecule has 52 valence electrons. The molecule has 2 N–H and O–H groups in total. The molecule has 1 atom stereocenters. The van der Waals surface area contributed by atoms with Crippen molar-refractivity contribution in [2.24, 2.45) is 10.9 Å². The zero-order chi connectivity index (χ0) is 6.85. The van der Waals surface area contributed by atoms with Gasteiger partial charge in [0.1, 0.15) is 5.84 Å². The maximum atomic E-state index is 8.86. The Labute approximate surface area is 58.7 Å². The lowest BCUT2D eigenvalue weighted by Crippen LogP contribution is -2.17. The second-order valence-corrected chi connectivity index (χ2v) is 3.08. The molecule has 1 unspecified atom stereocenters. The summed E-state index contributed by atoms with van der Waals surface area (Å²) >= 11 is 1.24. The number of nitrogens with zero attached hydrogens (tertiary/aromatic N) is 1. The number of hydrogen-bond donors (Lipinski definition) is 2. The summed E-state index contributed by atoms with van der Waals surface area (Å²) in [4.78, 5) is 3.91. The fourth-order valence-electron chi connectivity index (χ4n) is 0.552. The van der Waals surface area contributed by atoms with E-state index in [1.165, 1.54) is 11.9 Å². The Kier molecular flexibility index (Phi) is 1.97. The van der Waals surface area contributed by atoms with Crippen molar-refractivity contribution < 1.29 is 5.11 Å². The van der Waals surface area contributed by atoms with Crippen LogP contribution in [0.3, 0.4) is 0 Å². The first-order chi connectivity index (χ1) is 4.20. The molecule has 0 aromatic heterocycles. The Bertz CT molecular complexity index is 135. The molecule has 1 heterocycles. The van der Waals surface area contributed by atoms with Crippen molar-refractivity contribution in [2.75, 3.05) is 0 Å². The van der Waals surface area contributed by atoms with E-state index in [0.717, 1.165) is 5.84 Å². The molecule has 0 bridgehead atoms. The summed E-state index contributed by atoms with van der Waals surface area (Å²) < 4.78 is 2.92. The number of amidine groups is 1.